The second-order valence-corrected chi connectivity index (χ2v) is 5.10. The first-order chi connectivity index (χ1) is 8.57. The molecule has 0 bridgehead atoms. The van der Waals surface area contributed by atoms with E-state index in [1.165, 1.54) is 18.2 Å². The van der Waals surface area contributed by atoms with Crippen molar-refractivity contribution in [3.05, 3.63) is 35.8 Å². The molecule has 1 aliphatic carbocycles. The van der Waals surface area contributed by atoms with Gasteiger partial charge in [-0.2, -0.15) is 0 Å². The highest BCUT2D eigenvalue weighted by Gasteiger charge is 2.39. The largest absolute Gasteiger partial charge is 0.458 e. The fraction of sp³-hybridized carbons (Fsp3) is 0.429. The Kier molecular flexibility index (Phi) is 2.63. The first kappa shape index (κ1) is 11.7. The Labute approximate surface area is 104 Å². The fourth-order valence-corrected chi connectivity index (χ4v) is 2.58. The first-order valence-corrected chi connectivity index (χ1v) is 6.21. The Bertz CT molecular complexity index is 570. The molecule has 1 aromatic heterocycles. The van der Waals surface area contributed by atoms with Crippen molar-refractivity contribution in [3.8, 4) is 0 Å². The number of hydrogen-bond donors (Lipinski definition) is 1. The molecule has 0 atom stereocenters. The summed E-state index contributed by atoms with van der Waals surface area (Å²) in [5.41, 5.74) is 4.86. The van der Waals surface area contributed by atoms with Crippen LogP contribution >= 0.6 is 0 Å². The predicted molar refractivity (Wildman–Crippen MR) is 65.4 cm³/mol. The highest BCUT2D eigenvalue weighted by atomic mass is 19.1. The van der Waals surface area contributed by atoms with Gasteiger partial charge < -0.3 is 10.2 Å². The van der Waals surface area contributed by atoms with Crippen LogP contribution in [0.1, 0.15) is 31.4 Å². The molecule has 2 nitrogen and oxygen atoms in total. The number of fused-ring (bicyclic) bond motifs is 1. The van der Waals surface area contributed by atoms with Crippen molar-refractivity contribution in [2.24, 2.45) is 5.73 Å². The number of rotatable bonds is 1. The van der Waals surface area contributed by atoms with Crippen molar-refractivity contribution in [2.75, 3.05) is 0 Å². The van der Waals surface area contributed by atoms with Crippen molar-refractivity contribution in [1.29, 1.82) is 0 Å². The summed E-state index contributed by atoms with van der Waals surface area (Å²) in [4.78, 5) is 0. The number of furan rings is 1. The van der Waals surface area contributed by atoms with E-state index in [1.807, 2.05) is 0 Å². The van der Waals surface area contributed by atoms with Crippen LogP contribution in [0.25, 0.3) is 11.0 Å². The van der Waals surface area contributed by atoms with Crippen molar-refractivity contribution < 1.29 is 13.2 Å². The van der Waals surface area contributed by atoms with E-state index >= 15 is 0 Å². The lowest BCUT2D eigenvalue weighted by Crippen LogP contribution is -2.33. The van der Waals surface area contributed by atoms with Gasteiger partial charge >= 0.3 is 0 Å². The van der Waals surface area contributed by atoms with Crippen molar-refractivity contribution in [3.63, 3.8) is 0 Å². The van der Waals surface area contributed by atoms with Gasteiger partial charge in [0.2, 0.25) is 0 Å². The smallest absolute Gasteiger partial charge is 0.168 e. The molecule has 0 spiro atoms. The molecule has 4 heteroatoms. The summed E-state index contributed by atoms with van der Waals surface area (Å²) in [6, 6.07) is 5.90. The van der Waals surface area contributed by atoms with Crippen LogP contribution in [-0.2, 0) is 5.67 Å². The third-order valence-corrected chi connectivity index (χ3v) is 3.74. The van der Waals surface area contributed by atoms with Crippen LogP contribution < -0.4 is 5.73 Å². The number of hydrogen-bond acceptors (Lipinski definition) is 2. The molecule has 0 saturated heterocycles. The van der Waals surface area contributed by atoms with Gasteiger partial charge in [-0.25, -0.2) is 8.78 Å². The van der Waals surface area contributed by atoms with Crippen LogP contribution in [0.3, 0.4) is 0 Å². The normalized spacial score (nSPS) is 28.7. The summed E-state index contributed by atoms with van der Waals surface area (Å²) in [5.74, 6) is -0.0385. The third kappa shape index (κ3) is 1.90. The molecule has 0 unspecified atom stereocenters. The summed E-state index contributed by atoms with van der Waals surface area (Å²) >= 11 is 0. The van der Waals surface area contributed by atoms with Crippen molar-refractivity contribution >= 4 is 11.0 Å². The molecule has 2 aromatic rings. The van der Waals surface area contributed by atoms with Crippen LogP contribution in [0.5, 0.6) is 0 Å². The third-order valence-electron chi connectivity index (χ3n) is 3.74. The molecule has 18 heavy (non-hydrogen) atoms. The van der Waals surface area contributed by atoms with Gasteiger partial charge in [0.05, 0.1) is 0 Å². The fourth-order valence-electron chi connectivity index (χ4n) is 2.58. The molecule has 96 valence electrons. The van der Waals surface area contributed by atoms with E-state index in [0.29, 0.717) is 42.4 Å². The van der Waals surface area contributed by atoms with Crippen LogP contribution in [0.2, 0.25) is 0 Å². The number of halogens is 2. The maximum absolute atomic E-state index is 14.8. The summed E-state index contributed by atoms with van der Waals surface area (Å²) < 4.78 is 33.4. The molecular weight excluding hydrogens is 236 g/mol. The molecule has 1 aromatic carbocycles. The van der Waals surface area contributed by atoms with E-state index in [2.05, 4.69) is 0 Å². The lowest BCUT2D eigenvalue weighted by Gasteiger charge is -2.30. The molecular formula is C14H15F2NO. The van der Waals surface area contributed by atoms with Gasteiger partial charge in [-0.1, -0.05) is 0 Å². The summed E-state index contributed by atoms with van der Waals surface area (Å²) in [7, 11) is 0. The van der Waals surface area contributed by atoms with Crippen molar-refractivity contribution in [1.82, 2.24) is 0 Å². The summed E-state index contributed by atoms with van der Waals surface area (Å²) in [5, 5.41) is 0.608. The standard InChI is InChI=1S/C14H15F2NO/c15-10-1-2-12-9(7-10)8-13(18-12)14(16)5-3-11(17)4-6-14/h1-2,7-8,11H,3-6,17H2. The quantitative estimate of drug-likeness (QED) is 0.840. The van der Waals surface area contributed by atoms with Crippen LogP contribution in [0.15, 0.2) is 28.7 Å². The zero-order valence-electron chi connectivity index (χ0n) is 9.96. The Morgan fingerprint density at radius 3 is 2.67 bits per heavy atom. The van der Waals surface area contributed by atoms with E-state index in [1.54, 1.807) is 6.07 Å². The van der Waals surface area contributed by atoms with Gasteiger partial charge in [-0.15, -0.1) is 0 Å². The molecule has 1 heterocycles. The molecule has 0 radical (unpaired) electrons. The highest BCUT2D eigenvalue weighted by Crippen LogP contribution is 2.42. The minimum absolute atomic E-state index is 0.0793. The van der Waals surface area contributed by atoms with Crippen LogP contribution in [-0.4, -0.2) is 6.04 Å². The SMILES string of the molecule is NC1CCC(F)(c2cc3cc(F)ccc3o2)CC1. The Balaban J connectivity index is 1.98. The monoisotopic (exact) mass is 251 g/mol. The molecule has 3 rings (SSSR count). The Morgan fingerprint density at radius 2 is 1.94 bits per heavy atom. The van der Waals surface area contributed by atoms with E-state index in [4.69, 9.17) is 10.2 Å². The Morgan fingerprint density at radius 1 is 1.22 bits per heavy atom. The minimum atomic E-state index is -1.45. The van der Waals surface area contributed by atoms with E-state index in [9.17, 15) is 8.78 Å². The number of alkyl halides is 1. The van der Waals surface area contributed by atoms with Gasteiger partial charge in [-0.05, 0) is 49.9 Å². The maximum Gasteiger partial charge on any atom is 0.168 e. The van der Waals surface area contributed by atoms with E-state index in [-0.39, 0.29) is 11.9 Å². The van der Waals surface area contributed by atoms with Gasteiger partial charge in [-0.3, -0.25) is 0 Å². The minimum Gasteiger partial charge on any atom is -0.458 e. The van der Waals surface area contributed by atoms with Gasteiger partial charge in [0, 0.05) is 11.4 Å². The molecule has 0 amide bonds. The summed E-state index contributed by atoms with van der Waals surface area (Å²) in [6.45, 7) is 0. The Hall–Kier alpha value is -1.42. The highest BCUT2D eigenvalue weighted by molar-refractivity contribution is 5.78. The van der Waals surface area contributed by atoms with E-state index < -0.39 is 5.67 Å². The zero-order chi connectivity index (χ0) is 12.8. The number of benzene rings is 1. The van der Waals surface area contributed by atoms with Gasteiger partial charge in [0.25, 0.3) is 0 Å². The maximum atomic E-state index is 14.8. The number of nitrogens with two attached hydrogens (primary N) is 1. The molecule has 1 saturated carbocycles. The second-order valence-electron chi connectivity index (χ2n) is 5.10. The topological polar surface area (TPSA) is 39.2 Å². The average Bonchev–Trinajstić information content (AvgIpc) is 2.77. The van der Waals surface area contributed by atoms with Crippen LogP contribution in [0.4, 0.5) is 8.78 Å². The molecule has 1 aliphatic rings. The van der Waals surface area contributed by atoms with Gasteiger partial charge in [0.15, 0.2) is 5.67 Å². The average molecular weight is 251 g/mol. The second kappa shape index (κ2) is 4.05. The lowest BCUT2D eigenvalue weighted by atomic mass is 9.82. The molecule has 2 N–H and O–H groups in total. The van der Waals surface area contributed by atoms with Gasteiger partial charge in [0.1, 0.15) is 17.2 Å². The summed E-state index contributed by atoms with van der Waals surface area (Å²) in [6.07, 6.45) is 2.05. The first-order valence-electron chi connectivity index (χ1n) is 6.21. The van der Waals surface area contributed by atoms with Crippen LogP contribution in [0, 0.1) is 5.82 Å². The lowest BCUT2D eigenvalue weighted by molar-refractivity contribution is 0.0738. The zero-order valence-corrected chi connectivity index (χ0v) is 9.96. The molecule has 0 aliphatic heterocycles. The van der Waals surface area contributed by atoms with Crippen molar-refractivity contribution in [2.45, 2.75) is 37.4 Å². The van der Waals surface area contributed by atoms with E-state index in [0.717, 1.165) is 0 Å². The predicted octanol–water partition coefficient (Wildman–Crippen LogP) is 3.64. The molecule has 1 fully saturated rings.